The van der Waals surface area contributed by atoms with Gasteiger partial charge in [0.1, 0.15) is 11.8 Å². The minimum atomic E-state index is 0.501. The van der Waals surface area contributed by atoms with E-state index in [1.165, 1.54) is 0 Å². The van der Waals surface area contributed by atoms with E-state index >= 15 is 0 Å². The highest BCUT2D eigenvalue weighted by atomic mass is 15.0. The Bertz CT molecular complexity index is 293. The molecular weight excluding hydrogens is 162 g/mol. The summed E-state index contributed by atoms with van der Waals surface area (Å²) in [4.78, 5) is 0. The van der Waals surface area contributed by atoms with Gasteiger partial charge in [0.05, 0.1) is 0 Å². The summed E-state index contributed by atoms with van der Waals surface area (Å²) < 4.78 is 1.95. The monoisotopic (exact) mass is 177 g/mol. The minimum absolute atomic E-state index is 0.501. The Morgan fingerprint density at radius 2 is 2.38 bits per heavy atom. The van der Waals surface area contributed by atoms with E-state index in [0.29, 0.717) is 6.04 Å². The van der Waals surface area contributed by atoms with Crippen molar-refractivity contribution in [2.45, 2.75) is 26.4 Å². The molecule has 1 rings (SSSR count). The second kappa shape index (κ2) is 4.68. The molecule has 0 amide bonds. The Hall–Kier alpha value is -1.27. The van der Waals surface area contributed by atoms with Crippen LogP contribution in [-0.2, 0) is 6.54 Å². The van der Waals surface area contributed by atoms with Crippen molar-refractivity contribution in [2.24, 2.45) is 0 Å². The standard InChI is InChI=1S/C10H15N3/c1-9(2)12-5-7-13-6-3-4-10(13)8-11/h3-4,6,9,12H,5,7H2,1-2H3. The normalized spacial score (nSPS) is 10.3. The molecule has 0 spiro atoms. The molecule has 0 atom stereocenters. The third kappa shape index (κ3) is 2.92. The maximum atomic E-state index is 8.72. The summed E-state index contributed by atoms with van der Waals surface area (Å²) in [7, 11) is 0. The summed E-state index contributed by atoms with van der Waals surface area (Å²) in [6, 6.07) is 6.38. The molecule has 0 radical (unpaired) electrons. The summed E-state index contributed by atoms with van der Waals surface area (Å²) in [6.07, 6.45) is 1.93. The van der Waals surface area contributed by atoms with Gasteiger partial charge in [-0.05, 0) is 12.1 Å². The van der Waals surface area contributed by atoms with E-state index in [4.69, 9.17) is 5.26 Å². The van der Waals surface area contributed by atoms with Crippen LogP contribution >= 0.6 is 0 Å². The highest BCUT2D eigenvalue weighted by Crippen LogP contribution is 1.98. The summed E-state index contributed by atoms with van der Waals surface area (Å²) in [5.74, 6) is 0. The fourth-order valence-electron chi connectivity index (χ4n) is 1.18. The molecule has 3 heteroatoms. The van der Waals surface area contributed by atoms with Crippen molar-refractivity contribution in [3.63, 3.8) is 0 Å². The van der Waals surface area contributed by atoms with Gasteiger partial charge in [0.15, 0.2) is 0 Å². The zero-order chi connectivity index (χ0) is 9.68. The van der Waals surface area contributed by atoms with E-state index in [9.17, 15) is 0 Å². The number of hydrogen-bond donors (Lipinski definition) is 1. The van der Waals surface area contributed by atoms with Gasteiger partial charge in [-0.3, -0.25) is 0 Å². The Morgan fingerprint density at radius 1 is 1.62 bits per heavy atom. The number of nitrogens with zero attached hydrogens (tertiary/aromatic N) is 2. The van der Waals surface area contributed by atoms with Gasteiger partial charge >= 0.3 is 0 Å². The van der Waals surface area contributed by atoms with Crippen LogP contribution < -0.4 is 5.32 Å². The van der Waals surface area contributed by atoms with Crippen LogP contribution in [0.25, 0.3) is 0 Å². The molecule has 1 aromatic rings. The van der Waals surface area contributed by atoms with E-state index < -0.39 is 0 Å². The molecular formula is C10H15N3. The summed E-state index contributed by atoms with van der Waals surface area (Å²) in [5, 5.41) is 12.0. The highest BCUT2D eigenvalue weighted by Gasteiger charge is 1.98. The molecule has 0 aromatic carbocycles. The highest BCUT2D eigenvalue weighted by molar-refractivity contribution is 5.21. The number of hydrogen-bond acceptors (Lipinski definition) is 2. The molecule has 70 valence electrons. The average molecular weight is 177 g/mol. The van der Waals surface area contributed by atoms with Crippen LogP contribution in [0.15, 0.2) is 18.3 Å². The van der Waals surface area contributed by atoms with E-state index in [2.05, 4.69) is 25.2 Å². The lowest BCUT2D eigenvalue weighted by Crippen LogP contribution is -2.26. The third-order valence-corrected chi connectivity index (χ3v) is 1.85. The van der Waals surface area contributed by atoms with E-state index in [1.54, 1.807) is 0 Å². The van der Waals surface area contributed by atoms with Crippen LogP contribution in [0.1, 0.15) is 19.5 Å². The summed E-state index contributed by atoms with van der Waals surface area (Å²) >= 11 is 0. The average Bonchev–Trinajstić information content (AvgIpc) is 2.51. The summed E-state index contributed by atoms with van der Waals surface area (Å²) in [5.41, 5.74) is 0.727. The first kappa shape index (κ1) is 9.82. The zero-order valence-electron chi connectivity index (χ0n) is 8.12. The van der Waals surface area contributed by atoms with E-state index in [1.807, 2.05) is 22.9 Å². The van der Waals surface area contributed by atoms with Gasteiger partial charge in [-0.1, -0.05) is 13.8 Å². The molecule has 1 heterocycles. The fourth-order valence-corrected chi connectivity index (χ4v) is 1.18. The molecule has 1 N–H and O–H groups in total. The molecule has 13 heavy (non-hydrogen) atoms. The van der Waals surface area contributed by atoms with Gasteiger partial charge < -0.3 is 9.88 Å². The molecule has 0 saturated heterocycles. The number of aromatic nitrogens is 1. The summed E-state index contributed by atoms with van der Waals surface area (Å²) in [6.45, 7) is 5.98. The SMILES string of the molecule is CC(C)NCCn1cccc1C#N. The Morgan fingerprint density at radius 3 is 3.00 bits per heavy atom. The van der Waals surface area contributed by atoms with Gasteiger partial charge in [0.2, 0.25) is 0 Å². The van der Waals surface area contributed by atoms with E-state index in [-0.39, 0.29) is 0 Å². The third-order valence-electron chi connectivity index (χ3n) is 1.85. The minimum Gasteiger partial charge on any atom is -0.338 e. The van der Waals surface area contributed by atoms with Crippen LogP contribution in [0.5, 0.6) is 0 Å². The van der Waals surface area contributed by atoms with Crippen molar-refractivity contribution in [3.8, 4) is 6.07 Å². The molecule has 0 fully saturated rings. The second-order valence-corrected chi connectivity index (χ2v) is 3.31. The lowest BCUT2D eigenvalue weighted by molar-refractivity contribution is 0.540. The van der Waals surface area contributed by atoms with Crippen LogP contribution in [0.3, 0.4) is 0 Å². The van der Waals surface area contributed by atoms with Crippen LogP contribution in [0, 0.1) is 11.3 Å². The Balaban J connectivity index is 2.41. The lowest BCUT2D eigenvalue weighted by Gasteiger charge is -2.09. The lowest BCUT2D eigenvalue weighted by atomic mass is 10.4. The molecule has 0 aliphatic rings. The topological polar surface area (TPSA) is 40.8 Å². The zero-order valence-corrected chi connectivity index (χ0v) is 8.12. The van der Waals surface area contributed by atoms with Gasteiger partial charge in [-0.2, -0.15) is 5.26 Å². The van der Waals surface area contributed by atoms with Crippen LogP contribution in [0.2, 0.25) is 0 Å². The fraction of sp³-hybridized carbons (Fsp3) is 0.500. The largest absolute Gasteiger partial charge is 0.338 e. The quantitative estimate of drug-likeness (QED) is 0.754. The molecule has 0 saturated carbocycles. The first-order chi connectivity index (χ1) is 6.24. The van der Waals surface area contributed by atoms with Crippen LogP contribution in [0.4, 0.5) is 0 Å². The van der Waals surface area contributed by atoms with E-state index in [0.717, 1.165) is 18.8 Å². The molecule has 1 aromatic heterocycles. The molecule has 0 aliphatic carbocycles. The van der Waals surface area contributed by atoms with Gasteiger partial charge in [-0.15, -0.1) is 0 Å². The van der Waals surface area contributed by atoms with Crippen molar-refractivity contribution in [3.05, 3.63) is 24.0 Å². The maximum Gasteiger partial charge on any atom is 0.120 e. The van der Waals surface area contributed by atoms with Crippen molar-refractivity contribution >= 4 is 0 Å². The molecule has 0 bridgehead atoms. The Labute approximate surface area is 79.0 Å². The predicted octanol–water partition coefficient (Wildman–Crippen LogP) is 1.36. The van der Waals surface area contributed by atoms with Gasteiger partial charge in [0.25, 0.3) is 0 Å². The smallest absolute Gasteiger partial charge is 0.120 e. The number of nitrogens with one attached hydrogen (secondary N) is 1. The van der Waals surface area contributed by atoms with Crippen molar-refractivity contribution in [2.75, 3.05) is 6.54 Å². The maximum absolute atomic E-state index is 8.72. The Kier molecular flexibility index (Phi) is 3.53. The molecule has 0 aliphatic heterocycles. The first-order valence-corrected chi connectivity index (χ1v) is 4.52. The second-order valence-electron chi connectivity index (χ2n) is 3.31. The first-order valence-electron chi connectivity index (χ1n) is 4.52. The van der Waals surface area contributed by atoms with Crippen molar-refractivity contribution in [1.82, 2.24) is 9.88 Å². The molecule has 0 unspecified atom stereocenters. The van der Waals surface area contributed by atoms with Gasteiger partial charge in [0, 0.05) is 25.3 Å². The molecule has 3 nitrogen and oxygen atoms in total. The number of rotatable bonds is 4. The van der Waals surface area contributed by atoms with Gasteiger partial charge in [-0.25, -0.2) is 0 Å². The number of nitriles is 1. The van der Waals surface area contributed by atoms with Crippen molar-refractivity contribution in [1.29, 1.82) is 5.26 Å². The van der Waals surface area contributed by atoms with Crippen LogP contribution in [-0.4, -0.2) is 17.2 Å². The van der Waals surface area contributed by atoms with Crippen molar-refractivity contribution < 1.29 is 0 Å². The predicted molar refractivity (Wildman–Crippen MR) is 52.3 cm³/mol.